The highest BCUT2D eigenvalue weighted by Gasteiger charge is 2.15. The number of hydrogen-bond acceptors (Lipinski definition) is 7. The molecule has 1 aromatic carbocycles. The average Bonchev–Trinajstić information content (AvgIpc) is 3.36. The number of aromatic nitrogens is 2. The molecule has 0 saturated carbocycles. The van der Waals surface area contributed by atoms with Gasteiger partial charge in [-0.15, -0.1) is 11.3 Å². The van der Waals surface area contributed by atoms with Gasteiger partial charge in [0, 0.05) is 22.7 Å². The molecule has 0 radical (unpaired) electrons. The van der Waals surface area contributed by atoms with Crippen molar-refractivity contribution in [2.24, 2.45) is 0 Å². The molecule has 0 aliphatic carbocycles. The summed E-state index contributed by atoms with van der Waals surface area (Å²) in [5, 5.41) is 5.70. The number of H-pyrrole nitrogens is 1. The van der Waals surface area contributed by atoms with Crippen molar-refractivity contribution in [2.75, 3.05) is 18.5 Å². The topological polar surface area (TPSA) is 89.4 Å². The number of fused-ring (bicyclic) bond motifs is 2. The van der Waals surface area contributed by atoms with Crippen molar-refractivity contribution in [2.45, 2.75) is 6.54 Å². The van der Waals surface area contributed by atoms with Crippen molar-refractivity contribution in [3.8, 4) is 22.8 Å². The highest BCUT2D eigenvalue weighted by Crippen LogP contribution is 2.33. The summed E-state index contributed by atoms with van der Waals surface area (Å²) < 4.78 is 16.5. The van der Waals surface area contributed by atoms with E-state index in [0.29, 0.717) is 47.3 Å². The molecule has 0 bridgehead atoms. The lowest BCUT2D eigenvalue weighted by molar-refractivity contribution is 0.171. The maximum atomic E-state index is 12.6. The largest absolute Gasteiger partial charge is 0.486 e. The van der Waals surface area contributed by atoms with Crippen LogP contribution in [0.1, 0.15) is 5.82 Å². The summed E-state index contributed by atoms with van der Waals surface area (Å²) in [4.78, 5) is 20.7. The van der Waals surface area contributed by atoms with Crippen LogP contribution in [0.25, 0.3) is 21.5 Å². The van der Waals surface area contributed by atoms with Crippen LogP contribution in [0.4, 0.5) is 5.69 Å². The Morgan fingerprint density at radius 3 is 2.93 bits per heavy atom. The van der Waals surface area contributed by atoms with E-state index in [0.717, 1.165) is 17.0 Å². The van der Waals surface area contributed by atoms with Crippen molar-refractivity contribution in [3.05, 3.63) is 58.2 Å². The van der Waals surface area contributed by atoms with Crippen LogP contribution in [0.5, 0.6) is 11.5 Å². The molecular formula is C19H15N3O4S. The van der Waals surface area contributed by atoms with Crippen molar-refractivity contribution >= 4 is 27.2 Å². The summed E-state index contributed by atoms with van der Waals surface area (Å²) in [5.41, 5.74) is 1.45. The lowest BCUT2D eigenvalue weighted by Crippen LogP contribution is -2.16. The van der Waals surface area contributed by atoms with E-state index in [1.165, 1.54) is 11.3 Å². The van der Waals surface area contributed by atoms with Gasteiger partial charge in [0.2, 0.25) is 0 Å². The molecule has 1 aliphatic rings. The third-order valence-electron chi connectivity index (χ3n) is 4.28. The molecule has 4 aromatic rings. The number of hydrogen-bond donors (Lipinski definition) is 2. The Kier molecular flexibility index (Phi) is 3.83. The number of benzene rings is 1. The molecule has 8 heteroatoms. The zero-order valence-corrected chi connectivity index (χ0v) is 15.0. The van der Waals surface area contributed by atoms with E-state index >= 15 is 0 Å². The molecule has 0 atom stereocenters. The maximum Gasteiger partial charge on any atom is 0.260 e. The fraction of sp³-hybridized carbons (Fsp3) is 0.158. The van der Waals surface area contributed by atoms with Gasteiger partial charge in [-0.05, 0) is 24.3 Å². The quantitative estimate of drug-likeness (QED) is 0.561. The molecule has 136 valence electrons. The highest BCUT2D eigenvalue weighted by molar-refractivity contribution is 7.17. The highest BCUT2D eigenvalue weighted by atomic mass is 32.1. The van der Waals surface area contributed by atoms with E-state index in [9.17, 15) is 4.79 Å². The summed E-state index contributed by atoms with van der Waals surface area (Å²) in [6, 6.07) is 9.28. The van der Waals surface area contributed by atoms with Crippen LogP contribution in [0, 0.1) is 0 Å². The molecular weight excluding hydrogens is 366 g/mol. The van der Waals surface area contributed by atoms with Gasteiger partial charge in [-0.2, -0.15) is 0 Å². The molecule has 0 fully saturated rings. The molecule has 5 rings (SSSR count). The summed E-state index contributed by atoms with van der Waals surface area (Å²) in [5.74, 6) is 2.68. The average molecular weight is 381 g/mol. The maximum absolute atomic E-state index is 12.6. The minimum Gasteiger partial charge on any atom is -0.486 e. The van der Waals surface area contributed by atoms with E-state index in [2.05, 4.69) is 15.3 Å². The van der Waals surface area contributed by atoms with Gasteiger partial charge in [-0.3, -0.25) is 4.79 Å². The van der Waals surface area contributed by atoms with Gasteiger partial charge in [0.1, 0.15) is 29.6 Å². The number of nitrogens with one attached hydrogen (secondary N) is 2. The van der Waals surface area contributed by atoms with Crippen LogP contribution < -0.4 is 20.3 Å². The second kappa shape index (κ2) is 6.48. The zero-order valence-electron chi connectivity index (χ0n) is 14.2. The summed E-state index contributed by atoms with van der Waals surface area (Å²) in [7, 11) is 0. The Balaban J connectivity index is 1.40. The summed E-state index contributed by atoms with van der Waals surface area (Å²) in [6.45, 7) is 1.49. The van der Waals surface area contributed by atoms with Crippen molar-refractivity contribution in [1.82, 2.24) is 9.97 Å². The van der Waals surface area contributed by atoms with Crippen LogP contribution in [-0.4, -0.2) is 23.2 Å². The van der Waals surface area contributed by atoms with Gasteiger partial charge in [-0.25, -0.2) is 4.98 Å². The zero-order chi connectivity index (χ0) is 18.2. The van der Waals surface area contributed by atoms with E-state index in [1.807, 2.05) is 29.6 Å². The minimum atomic E-state index is -0.174. The van der Waals surface area contributed by atoms with Gasteiger partial charge in [-0.1, -0.05) is 0 Å². The van der Waals surface area contributed by atoms with E-state index < -0.39 is 0 Å². The Morgan fingerprint density at radius 1 is 1.19 bits per heavy atom. The van der Waals surface area contributed by atoms with Gasteiger partial charge >= 0.3 is 0 Å². The van der Waals surface area contributed by atoms with Gasteiger partial charge in [0.15, 0.2) is 11.5 Å². The van der Waals surface area contributed by atoms with E-state index in [-0.39, 0.29) is 5.56 Å². The van der Waals surface area contributed by atoms with Crippen molar-refractivity contribution in [1.29, 1.82) is 0 Å². The number of aromatic amines is 1. The molecule has 1 aliphatic heterocycles. The molecule has 0 amide bonds. The molecule has 0 saturated heterocycles. The first-order chi connectivity index (χ1) is 13.3. The van der Waals surface area contributed by atoms with Crippen LogP contribution in [0.2, 0.25) is 0 Å². The molecule has 27 heavy (non-hydrogen) atoms. The fourth-order valence-electron chi connectivity index (χ4n) is 3.03. The van der Waals surface area contributed by atoms with Crippen molar-refractivity contribution in [3.63, 3.8) is 0 Å². The predicted molar refractivity (Wildman–Crippen MR) is 103 cm³/mol. The molecule has 4 heterocycles. The van der Waals surface area contributed by atoms with Gasteiger partial charge in [0.25, 0.3) is 5.56 Å². The second-order valence-corrected chi connectivity index (χ2v) is 6.89. The Labute approximate surface area is 157 Å². The number of thiophene rings is 1. The number of furan rings is 1. The van der Waals surface area contributed by atoms with E-state index in [1.54, 1.807) is 12.3 Å². The molecule has 7 nitrogen and oxygen atoms in total. The number of rotatable bonds is 4. The third-order valence-corrected chi connectivity index (χ3v) is 5.15. The van der Waals surface area contributed by atoms with E-state index in [4.69, 9.17) is 13.9 Å². The second-order valence-electron chi connectivity index (χ2n) is 6.03. The third kappa shape index (κ3) is 2.93. The van der Waals surface area contributed by atoms with Crippen LogP contribution in [0.15, 0.2) is 51.2 Å². The lowest BCUT2D eigenvalue weighted by Gasteiger charge is -2.19. The Bertz CT molecular complexity index is 1160. The van der Waals surface area contributed by atoms with Crippen LogP contribution in [0.3, 0.4) is 0 Å². The fourth-order valence-corrected chi connectivity index (χ4v) is 3.98. The van der Waals surface area contributed by atoms with Crippen LogP contribution in [-0.2, 0) is 6.54 Å². The molecule has 2 N–H and O–H groups in total. The number of ether oxygens (including phenoxy) is 2. The molecule has 0 unspecified atom stereocenters. The minimum absolute atomic E-state index is 0.174. The predicted octanol–water partition coefficient (Wildman–Crippen LogP) is 3.63. The Hall–Kier alpha value is -3.26. The smallest absolute Gasteiger partial charge is 0.260 e. The SMILES string of the molecule is O=c1[nH]c(CNc2ccc3c(c2)OCCO3)nc2scc(-c3ccco3)c12. The first-order valence-corrected chi connectivity index (χ1v) is 9.34. The standard InChI is InChI=1S/C19H15N3O4S/c23-18-17-12(13-2-1-5-24-13)10-27-19(17)22-16(21-18)9-20-11-3-4-14-15(8-11)26-7-6-25-14/h1-5,8,10,20H,6-7,9H2,(H,21,22,23). The summed E-state index contributed by atoms with van der Waals surface area (Å²) in [6.07, 6.45) is 1.59. The first-order valence-electron chi connectivity index (χ1n) is 8.46. The molecule has 3 aromatic heterocycles. The van der Waals surface area contributed by atoms with Gasteiger partial charge < -0.3 is 24.2 Å². The number of nitrogens with zero attached hydrogens (tertiary/aromatic N) is 1. The monoisotopic (exact) mass is 381 g/mol. The van der Waals surface area contributed by atoms with Crippen molar-refractivity contribution < 1.29 is 13.9 Å². The Morgan fingerprint density at radius 2 is 2.07 bits per heavy atom. The van der Waals surface area contributed by atoms with Crippen LogP contribution >= 0.6 is 11.3 Å². The lowest BCUT2D eigenvalue weighted by atomic mass is 10.2. The first kappa shape index (κ1) is 16.0. The normalized spacial score (nSPS) is 13.0. The molecule has 0 spiro atoms. The number of anilines is 1. The van der Waals surface area contributed by atoms with Gasteiger partial charge in [0.05, 0.1) is 18.2 Å². The summed E-state index contributed by atoms with van der Waals surface area (Å²) >= 11 is 1.43.